The highest BCUT2D eigenvalue weighted by molar-refractivity contribution is 5.93. The Balaban J connectivity index is 1.60. The van der Waals surface area contributed by atoms with Crippen LogP contribution in [0.2, 0.25) is 0 Å². The van der Waals surface area contributed by atoms with Crippen molar-refractivity contribution < 1.29 is 22.4 Å². The lowest BCUT2D eigenvalue weighted by Gasteiger charge is -2.35. The molecule has 1 aliphatic heterocycles. The molecule has 9 heteroatoms. The van der Waals surface area contributed by atoms with Crippen LogP contribution in [-0.2, 0) is 4.79 Å². The van der Waals surface area contributed by atoms with Crippen molar-refractivity contribution in [1.82, 2.24) is 9.88 Å². The molecule has 2 heterocycles. The van der Waals surface area contributed by atoms with E-state index < -0.39 is 29.2 Å². The minimum Gasteiger partial charge on any atom is -0.364 e. The van der Waals surface area contributed by atoms with Gasteiger partial charge in [0.1, 0.15) is 5.69 Å². The molecule has 0 radical (unpaired) electrons. The standard InChI is InChI=1S/C19H20F4N4O/c1-11-4-3-5-13(12(11)2)24-14(28)10-26-6-8-27(9-7-26)17-15(20)18(22)25-19(23)16(17)21/h3-5H,6-10H2,1-2H3,(H,24,28). The molecular formula is C19H20F4N4O. The fourth-order valence-electron chi connectivity index (χ4n) is 3.16. The van der Waals surface area contributed by atoms with Crippen LogP contribution < -0.4 is 10.2 Å². The zero-order valence-corrected chi connectivity index (χ0v) is 15.5. The summed E-state index contributed by atoms with van der Waals surface area (Å²) in [6.07, 6.45) is 0. The number of nitrogens with one attached hydrogen (secondary N) is 1. The summed E-state index contributed by atoms with van der Waals surface area (Å²) in [6.45, 7) is 4.83. The molecule has 0 bridgehead atoms. The van der Waals surface area contributed by atoms with E-state index in [1.807, 2.05) is 32.0 Å². The van der Waals surface area contributed by atoms with Gasteiger partial charge in [-0.1, -0.05) is 12.1 Å². The highest BCUT2D eigenvalue weighted by atomic mass is 19.2. The zero-order chi connectivity index (χ0) is 20.4. The van der Waals surface area contributed by atoms with Crippen LogP contribution in [0.5, 0.6) is 0 Å². The zero-order valence-electron chi connectivity index (χ0n) is 15.5. The molecule has 1 fully saturated rings. The smallest absolute Gasteiger partial charge is 0.253 e. The summed E-state index contributed by atoms with van der Waals surface area (Å²) in [5, 5.41) is 2.85. The van der Waals surface area contributed by atoms with Crippen LogP contribution in [0.15, 0.2) is 18.2 Å². The predicted molar refractivity (Wildman–Crippen MR) is 97.3 cm³/mol. The number of hydrogen-bond acceptors (Lipinski definition) is 4. The van der Waals surface area contributed by atoms with Gasteiger partial charge in [-0.25, -0.2) is 0 Å². The molecular weight excluding hydrogens is 376 g/mol. The maximum atomic E-state index is 13.9. The number of benzene rings is 1. The number of carbonyl (C=O) groups is 1. The van der Waals surface area contributed by atoms with Crippen molar-refractivity contribution >= 4 is 17.3 Å². The molecule has 3 rings (SSSR count). The van der Waals surface area contributed by atoms with E-state index in [0.717, 1.165) is 16.8 Å². The van der Waals surface area contributed by atoms with Gasteiger partial charge in [0.15, 0.2) is 0 Å². The second-order valence-corrected chi connectivity index (χ2v) is 6.73. The Labute approximate surface area is 160 Å². The van der Waals surface area contributed by atoms with E-state index in [0.29, 0.717) is 13.1 Å². The summed E-state index contributed by atoms with van der Waals surface area (Å²) in [5.41, 5.74) is 2.01. The monoisotopic (exact) mass is 396 g/mol. The second-order valence-electron chi connectivity index (χ2n) is 6.73. The lowest BCUT2D eigenvalue weighted by molar-refractivity contribution is -0.117. The Kier molecular flexibility index (Phi) is 5.83. The predicted octanol–water partition coefficient (Wildman–Crippen LogP) is 3.02. The summed E-state index contributed by atoms with van der Waals surface area (Å²) in [5.74, 6) is -6.59. The molecule has 1 aliphatic rings. The molecule has 1 saturated heterocycles. The Bertz CT molecular complexity index is 872. The molecule has 1 aromatic heterocycles. The number of amides is 1. The van der Waals surface area contributed by atoms with E-state index in [9.17, 15) is 22.4 Å². The van der Waals surface area contributed by atoms with Crippen LogP contribution in [0, 0.1) is 37.4 Å². The fourth-order valence-corrected chi connectivity index (χ4v) is 3.16. The average Bonchev–Trinajstić information content (AvgIpc) is 2.65. The van der Waals surface area contributed by atoms with Crippen molar-refractivity contribution in [2.45, 2.75) is 13.8 Å². The number of hydrogen-bond donors (Lipinski definition) is 1. The van der Waals surface area contributed by atoms with Crippen LogP contribution in [0.4, 0.5) is 28.9 Å². The molecule has 0 saturated carbocycles. The Morgan fingerprint density at radius 2 is 1.64 bits per heavy atom. The summed E-state index contributed by atoms with van der Waals surface area (Å²) < 4.78 is 54.4. The van der Waals surface area contributed by atoms with Crippen molar-refractivity contribution in [3.8, 4) is 0 Å². The quantitative estimate of drug-likeness (QED) is 0.638. The number of aromatic nitrogens is 1. The molecule has 5 nitrogen and oxygen atoms in total. The summed E-state index contributed by atoms with van der Waals surface area (Å²) in [7, 11) is 0. The molecule has 1 aromatic carbocycles. The number of anilines is 2. The minimum atomic E-state index is -1.68. The first-order valence-corrected chi connectivity index (χ1v) is 8.81. The van der Waals surface area contributed by atoms with Crippen LogP contribution in [-0.4, -0.2) is 48.5 Å². The Morgan fingerprint density at radius 3 is 2.25 bits per heavy atom. The van der Waals surface area contributed by atoms with Gasteiger partial charge in [-0.3, -0.25) is 9.69 Å². The van der Waals surface area contributed by atoms with Crippen molar-refractivity contribution in [2.24, 2.45) is 0 Å². The largest absolute Gasteiger partial charge is 0.364 e. The van der Waals surface area contributed by atoms with Crippen molar-refractivity contribution in [3.63, 3.8) is 0 Å². The molecule has 0 spiro atoms. The van der Waals surface area contributed by atoms with E-state index in [-0.39, 0.29) is 25.5 Å². The second kappa shape index (κ2) is 8.14. The van der Waals surface area contributed by atoms with Gasteiger partial charge in [-0.05, 0) is 31.0 Å². The maximum absolute atomic E-state index is 13.9. The van der Waals surface area contributed by atoms with E-state index in [2.05, 4.69) is 10.3 Å². The number of rotatable bonds is 4. The lowest BCUT2D eigenvalue weighted by atomic mass is 10.1. The third-order valence-electron chi connectivity index (χ3n) is 4.91. The summed E-state index contributed by atoms with van der Waals surface area (Å²) >= 11 is 0. The van der Waals surface area contributed by atoms with Gasteiger partial charge >= 0.3 is 0 Å². The van der Waals surface area contributed by atoms with Gasteiger partial charge in [0, 0.05) is 31.9 Å². The summed E-state index contributed by atoms with van der Waals surface area (Å²) in [6, 6.07) is 5.62. The van der Waals surface area contributed by atoms with Crippen molar-refractivity contribution in [3.05, 3.63) is 52.9 Å². The first-order valence-electron chi connectivity index (χ1n) is 8.81. The molecule has 28 heavy (non-hydrogen) atoms. The van der Waals surface area contributed by atoms with Gasteiger partial charge in [0.2, 0.25) is 17.5 Å². The average molecular weight is 396 g/mol. The van der Waals surface area contributed by atoms with E-state index >= 15 is 0 Å². The van der Waals surface area contributed by atoms with Crippen molar-refractivity contribution in [1.29, 1.82) is 0 Å². The number of aryl methyl sites for hydroxylation is 1. The Morgan fingerprint density at radius 1 is 1.04 bits per heavy atom. The van der Waals surface area contributed by atoms with E-state index in [1.165, 1.54) is 4.90 Å². The van der Waals surface area contributed by atoms with Gasteiger partial charge in [0.25, 0.3) is 11.9 Å². The van der Waals surface area contributed by atoms with E-state index in [4.69, 9.17) is 0 Å². The van der Waals surface area contributed by atoms with Gasteiger partial charge in [-0.2, -0.15) is 22.5 Å². The van der Waals surface area contributed by atoms with Gasteiger partial charge in [-0.15, -0.1) is 0 Å². The molecule has 0 aliphatic carbocycles. The van der Waals surface area contributed by atoms with Crippen molar-refractivity contribution in [2.75, 3.05) is 42.9 Å². The molecule has 1 N–H and O–H groups in total. The molecule has 1 amide bonds. The van der Waals surface area contributed by atoms with Gasteiger partial charge in [0.05, 0.1) is 6.54 Å². The lowest BCUT2D eigenvalue weighted by Crippen LogP contribution is -2.49. The maximum Gasteiger partial charge on any atom is 0.253 e. The van der Waals surface area contributed by atoms with Crippen LogP contribution in [0.25, 0.3) is 0 Å². The molecule has 2 aromatic rings. The third kappa shape index (κ3) is 4.09. The number of halogens is 4. The molecule has 150 valence electrons. The number of pyridine rings is 1. The fraction of sp³-hybridized carbons (Fsp3) is 0.368. The van der Waals surface area contributed by atoms with Crippen LogP contribution >= 0.6 is 0 Å². The number of piperazine rings is 1. The topological polar surface area (TPSA) is 48.5 Å². The minimum absolute atomic E-state index is 0.102. The first-order chi connectivity index (χ1) is 13.3. The molecule has 0 atom stereocenters. The Hall–Kier alpha value is -2.68. The normalized spacial score (nSPS) is 15.0. The first kappa shape index (κ1) is 20.1. The number of nitrogens with zero attached hydrogens (tertiary/aromatic N) is 3. The highest BCUT2D eigenvalue weighted by Gasteiger charge is 2.28. The third-order valence-corrected chi connectivity index (χ3v) is 4.91. The SMILES string of the molecule is Cc1cccc(NC(=O)CN2CCN(c3c(F)c(F)nc(F)c3F)CC2)c1C. The summed E-state index contributed by atoms with van der Waals surface area (Å²) in [4.78, 5) is 17.9. The molecule has 0 unspecified atom stereocenters. The van der Waals surface area contributed by atoms with E-state index in [1.54, 1.807) is 4.90 Å². The van der Waals surface area contributed by atoms with Crippen LogP contribution in [0.3, 0.4) is 0 Å². The highest BCUT2D eigenvalue weighted by Crippen LogP contribution is 2.27. The van der Waals surface area contributed by atoms with Crippen LogP contribution in [0.1, 0.15) is 11.1 Å². The van der Waals surface area contributed by atoms with Gasteiger partial charge < -0.3 is 10.2 Å². The number of carbonyl (C=O) groups excluding carboxylic acids is 1.